The van der Waals surface area contributed by atoms with Gasteiger partial charge in [-0.2, -0.15) is 0 Å². The lowest BCUT2D eigenvalue weighted by atomic mass is 10.1. The van der Waals surface area contributed by atoms with Gasteiger partial charge in [0.05, 0.1) is 24.2 Å². The van der Waals surface area contributed by atoms with Gasteiger partial charge >= 0.3 is 0 Å². The Kier molecular flexibility index (Phi) is 7.83. The van der Waals surface area contributed by atoms with Crippen molar-refractivity contribution in [3.05, 3.63) is 53.3 Å². The first-order valence-electron chi connectivity index (χ1n) is 9.99. The highest BCUT2D eigenvalue weighted by Crippen LogP contribution is 2.33. The van der Waals surface area contributed by atoms with Gasteiger partial charge in [-0.15, -0.1) is 0 Å². The van der Waals surface area contributed by atoms with Crippen LogP contribution >= 0.6 is 23.8 Å². The number of nitrogens with one attached hydrogen (secondary N) is 2. The van der Waals surface area contributed by atoms with E-state index in [-0.39, 0.29) is 30.5 Å². The molecule has 0 bridgehead atoms. The highest BCUT2D eigenvalue weighted by Gasteiger charge is 2.44. The van der Waals surface area contributed by atoms with Gasteiger partial charge in [0.2, 0.25) is 11.8 Å². The molecular formula is C22H22ClFN4O4S. The van der Waals surface area contributed by atoms with Crippen molar-refractivity contribution in [1.82, 2.24) is 10.2 Å². The van der Waals surface area contributed by atoms with Gasteiger partial charge in [-0.1, -0.05) is 11.6 Å². The van der Waals surface area contributed by atoms with Crippen LogP contribution in [0.3, 0.4) is 0 Å². The minimum atomic E-state index is -0.896. The molecule has 2 aromatic rings. The fourth-order valence-corrected chi connectivity index (χ4v) is 4.06. The molecular weight excluding hydrogens is 471 g/mol. The summed E-state index contributed by atoms with van der Waals surface area (Å²) in [4.78, 5) is 40.2. The Bertz CT molecular complexity index is 1080. The molecule has 11 heteroatoms. The number of halogens is 2. The molecule has 3 amide bonds. The van der Waals surface area contributed by atoms with Crippen LogP contribution in [0.5, 0.6) is 5.75 Å². The smallest absolute Gasteiger partial charge is 0.256 e. The largest absolute Gasteiger partial charge is 0.495 e. The van der Waals surface area contributed by atoms with Crippen molar-refractivity contribution in [3.63, 3.8) is 0 Å². The van der Waals surface area contributed by atoms with Crippen LogP contribution in [0, 0.1) is 5.82 Å². The molecule has 1 unspecified atom stereocenters. The summed E-state index contributed by atoms with van der Waals surface area (Å²) in [6.07, 6.45) is -0.198. The van der Waals surface area contributed by atoms with Crippen LogP contribution in [0.2, 0.25) is 5.02 Å². The number of rotatable bonds is 8. The van der Waals surface area contributed by atoms with Crippen LogP contribution in [-0.4, -0.2) is 54.0 Å². The second-order valence-corrected chi connectivity index (χ2v) is 8.00. The van der Waals surface area contributed by atoms with E-state index in [4.69, 9.17) is 28.6 Å². The predicted molar refractivity (Wildman–Crippen MR) is 127 cm³/mol. The molecule has 0 aromatic heterocycles. The lowest BCUT2D eigenvalue weighted by Crippen LogP contribution is -2.42. The predicted octanol–water partition coefficient (Wildman–Crippen LogP) is 2.95. The number of hydrogen-bond acceptors (Lipinski definition) is 5. The van der Waals surface area contributed by atoms with Gasteiger partial charge in [-0.25, -0.2) is 4.39 Å². The van der Waals surface area contributed by atoms with Gasteiger partial charge in [-0.05, 0) is 54.7 Å². The molecule has 0 spiro atoms. The number of amides is 3. The van der Waals surface area contributed by atoms with E-state index >= 15 is 0 Å². The second kappa shape index (κ2) is 10.6. The minimum absolute atomic E-state index is 0.186. The Morgan fingerprint density at radius 2 is 1.91 bits per heavy atom. The molecule has 2 N–H and O–H groups in total. The lowest BCUT2D eigenvalue weighted by molar-refractivity contribution is -0.124. The van der Waals surface area contributed by atoms with Gasteiger partial charge in [0.1, 0.15) is 17.6 Å². The van der Waals surface area contributed by atoms with E-state index in [0.717, 1.165) is 0 Å². The molecule has 1 aliphatic heterocycles. The number of hydrogen-bond donors (Lipinski definition) is 2. The zero-order chi connectivity index (χ0) is 24.1. The van der Waals surface area contributed by atoms with E-state index in [2.05, 4.69) is 10.6 Å². The average molecular weight is 493 g/mol. The number of carbonyl (C=O) groups excluding carboxylic acids is 3. The van der Waals surface area contributed by atoms with Crippen LogP contribution in [-0.2, 0) is 14.4 Å². The van der Waals surface area contributed by atoms with Gasteiger partial charge in [0.15, 0.2) is 5.11 Å². The zero-order valence-electron chi connectivity index (χ0n) is 17.9. The molecule has 1 saturated heterocycles. The lowest BCUT2D eigenvalue weighted by Gasteiger charge is -2.24. The average Bonchev–Trinajstić information content (AvgIpc) is 2.99. The Morgan fingerprint density at radius 1 is 1.21 bits per heavy atom. The summed E-state index contributed by atoms with van der Waals surface area (Å²) in [5.74, 6) is -1.06. The summed E-state index contributed by atoms with van der Waals surface area (Å²) in [7, 11) is 1.48. The quantitative estimate of drug-likeness (QED) is 0.551. The number of methoxy groups -OCH3 is 1. The first kappa shape index (κ1) is 24.4. The van der Waals surface area contributed by atoms with Gasteiger partial charge in [-0.3, -0.25) is 19.3 Å². The summed E-state index contributed by atoms with van der Waals surface area (Å²) < 4.78 is 18.3. The Labute approximate surface area is 200 Å². The molecule has 0 aliphatic carbocycles. The molecule has 0 saturated carbocycles. The van der Waals surface area contributed by atoms with E-state index in [1.807, 2.05) is 0 Å². The normalized spacial score (nSPS) is 15.6. The highest BCUT2D eigenvalue weighted by molar-refractivity contribution is 7.80. The first-order valence-corrected chi connectivity index (χ1v) is 10.8. The van der Waals surface area contributed by atoms with Gasteiger partial charge in [0.25, 0.3) is 5.91 Å². The standard InChI is InChI=1S/C22H22ClFN4O4S/c1-13(29)25-9-10-27-18(12-20(30)26-15-5-3-14(24)4-6-15)21(31)28(22(27)33)16-7-8-19(32-2)17(23)11-16/h3-8,11,18H,9-10,12H2,1-2H3,(H,25,29)(H,26,30). The van der Waals surface area contributed by atoms with Crippen molar-refractivity contribution in [1.29, 1.82) is 0 Å². The monoisotopic (exact) mass is 492 g/mol. The van der Waals surface area contributed by atoms with E-state index in [1.54, 1.807) is 23.1 Å². The van der Waals surface area contributed by atoms with Gasteiger partial charge in [0, 0.05) is 25.7 Å². The molecule has 33 heavy (non-hydrogen) atoms. The summed E-state index contributed by atoms with van der Waals surface area (Å²) in [5.41, 5.74) is 0.833. The molecule has 174 valence electrons. The fourth-order valence-electron chi connectivity index (χ4n) is 3.39. The maximum Gasteiger partial charge on any atom is 0.256 e. The van der Waals surface area contributed by atoms with Gasteiger partial charge < -0.3 is 20.3 Å². The van der Waals surface area contributed by atoms with Crippen molar-refractivity contribution in [2.75, 3.05) is 30.4 Å². The number of nitrogens with zero attached hydrogens (tertiary/aromatic N) is 2. The summed E-state index contributed by atoms with van der Waals surface area (Å²) >= 11 is 11.8. The van der Waals surface area contributed by atoms with E-state index in [1.165, 1.54) is 43.2 Å². The SMILES string of the molecule is COc1ccc(N2C(=O)C(CC(=O)Nc3ccc(F)cc3)N(CCNC(C)=O)C2=S)cc1Cl. The molecule has 1 aliphatic rings. The second-order valence-electron chi connectivity index (χ2n) is 7.23. The fraction of sp³-hybridized carbons (Fsp3) is 0.273. The third-order valence-electron chi connectivity index (χ3n) is 4.95. The number of anilines is 2. The first-order chi connectivity index (χ1) is 15.7. The van der Waals surface area contributed by atoms with Crippen LogP contribution in [0.25, 0.3) is 0 Å². The Hall–Kier alpha value is -3.24. The zero-order valence-corrected chi connectivity index (χ0v) is 19.5. The third kappa shape index (κ3) is 5.77. The number of benzene rings is 2. The minimum Gasteiger partial charge on any atom is -0.495 e. The van der Waals surface area contributed by atoms with Crippen molar-refractivity contribution >= 4 is 58.0 Å². The Morgan fingerprint density at radius 3 is 2.52 bits per heavy atom. The summed E-state index contributed by atoms with van der Waals surface area (Å²) in [6, 6.07) is 9.21. The highest BCUT2D eigenvalue weighted by atomic mass is 35.5. The van der Waals surface area contributed by atoms with Crippen molar-refractivity contribution < 1.29 is 23.5 Å². The molecule has 3 rings (SSSR count). The van der Waals surface area contributed by atoms with Crippen LogP contribution in [0.4, 0.5) is 15.8 Å². The van der Waals surface area contributed by atoms with E-state index in [9.17, 15) is 18.8 Å². The molecule has 8 nitrogen and oxygen atoms in total. The molecule has 1 heterocycles. The number of carbonyl (C=O) groups is 3. The van der Waals surface area contributed by atoms with Crippen LogP contribution in [0.15, 0.2) is 42.5 Å². The van der Waals surface area contributed by atoms with Crippen molar-refractivity contribution in [2.45, 2.75) is 19.4 Å². The molecule has 1 atom stereocenters. The topological polar surface area (TPSA) is 91.0 Å². The van der Waals surface area contributed by atoms with Crippen molar-refractivity contribution in [3.8, 4) is 5.75 Å². The number of ether oxygens (including phenoxy) is 1. The number of thiocarbonyl (C=S) groups is 1. The van der Waals surface area contributed by atoms with E-state index in [0.29, 0.717) is 22.1 Å². The van der Waals surface area contributed by atoms with E-state index < -0.39 is 23.7 Å². The Balaban J connectivity index is 1.83. The molecule has 2 aromatic carbocycles. The van der Waals surface area contributed by atoms with Crippen LogP contribution in [0.1, 0.15) is 13.3 Å². The third-order valence-corrected chi connectivity index (χ3v) is 5.66. The maximum absolute atomic E-state index is 13.3. The molecule has 0 radical (unpaired) electrons. The van der Waals surface area contributed by atoms with Crippen LogP contribution < -0.4 is 20.3 Å². The van der Waals surface area contributed by atoms with Crippen molar-refractivity contribution in [2.24, 2.45) is 0 Å². The summed E-state index contributed by atoms with van der Waals surface area (Å²) in [5, 5.41) is 5.80. The summed E-state index contributed by atoms with van der Waals surface area (Å²) in [6.45, 7) is 1.84. The maximum atomic E-state index is 13.3. The molecule has 1 fully saturated rings.